The first-order valence-electron chi connectivity index (χ1n) is 13.3. The molecule has 36 heavy (non-hydrogen) atoms. The number of hydrogen-bond acceptors (Lipinski definition) is 5. The Morgan fingerprint density at radius 2 is 1.72 bits per heavy atom. The molecule has 2 aromatic rings. The maximum atomic E-state index is 12.6. The molecular formula is C30H44N2O4. The fraction of sp³-hybridized carbons (Fsp3) is 0.567. The molecule has 198 valence electrons. The minimum Gasteiger partial charge on any atom is -0.497 e. The Morgan fingerprint density at radius 1 is 1.03 bits per heavy atom. The van der Waals surface area contributed by atoms with Gasteiger partial charge in [0.15, 0.2) is 0 Å². The Kier molecular flexibility index (Phi) is 10.6. The number of hydrogen-bond donors (Lipinski definition) is 3. The molecular weight excluding hydrogens is 452 g/mol. The highest BCUT2D eigenvalue weighted by Gasteiger charge is 2.25. The molecule has 0 saturated heterocycles. The SMILES string of the molecule is COc1cccc(CNC[C@@H](O)[C@H](Cc2cccc(CC3CCCCC3)c2)NC(=O)OC(C)(C)C)c1. The third kappa shape index (κ3) is 9.82. The highest BCUT2D eigenvalue weighted by atomic mass is 16.6. The predicted molar refractivity (Wildman–Crippen MR) is 144 cm³/mol. The maximum Gasteiger partial charge on any atom is 0.407 e. The number of amides is 1. The molecule has 1 aliphatic rings. The summed E-state index contributed by atoms with van der Waals surface area (Å²) in [6.07, 6.45) is 6.97. The van der Waals surface area contributed by atoms with Crippen molar-refractivity contribution in [3.05, 3.63) is 65.2 Å². The highest BCUT2D eigenvalue weighted by Crippen LogP contribution is 2.27. The summed E-state index contributed by atoms with van der Waals surface area (Å²) < 4.78 is 10.8. The van der Waals surface area contributed by atoms with Gasteiger partial charge in [-0.3, -0.25) is 0 Å². The summed E-state index contributed by atoms with van der Waals surface area (Å²) >= 11 is 0. The fourth-order valence-corrected chi connectivity index (χ4v) is 4.89. The van der Waals surface area contributed by atoms with Crippen LogP contribution in [0.1, 0.15) is 69.6 Å². The van der Waals surface area contributed by atoms with Crippen LogP contribution in [0.2, 0.25) is 0 Å². The molecule has 0 aliphatic heterocycles. The Balaban J connectivity index is 1.64. The van der Waals surface area contributed by atoms with Crippen LogP contribution < -0.4 is 15.4 Å². The van der Waals surface area contributed by atoms with E-state index >= 15 is 0 Å². The van der Waals surface area contributed by atoms with E-state index in [9.17, 15) is 9.90 Å². The number of rotatable bonds is 11. The smallest absolute Gasteiger partial charge is 0.407 e. The van der Waals surface area contributed by atoms with Crippen LogP contribution in [-0.4, -0.2) is 42.6 Å². The standard InChI is InChI=1S/C30H44N2O4/c1-30(2,3)36-29(34)32-27(28(33)21-31-20-25-14-9-15-26(18-25)35-4)19-24-13-8-12-23(17-24)16-22-10-6-5-7-11-22/h8-9,12-15,17-18,22,27-28,31,33H,5-7,10-11,16,19-21H2,1-4H3,(H,32,34)/t27-,28+/m0/s1. The van der Waals surface area contributed by atoms with Crippen molar-refractivity contribution in [1.29, 1.82) is 0 Å². The number of alkyl carbamates (subject to hydrolysis) is 1. The largest absolute Gasteiger partial charge is 0.497 e. The lowest BCUT2D eigenvalue weighted by Gasteiger charge is -2.27. The van der Waals surface area contributed by atoms with Crippen LogP contribution in [0.25, 0.3) is 0 Å². The number of benzene rings is 2. The molecule has 6 nitrogen and oxygen atoms in total. The van der Waals surface area contributed by atoms with Gasteiger partial charge >= 0.3 is 6.09 Å². The van der Waals surface area contributed by atoms with E-state index in [0.717, 1.165) is 29.2 Å². The van der Waals surface area contributed by atoms with Crippen LogP contribution in [0, 0.1) is 5.92 Å². The second-order valence-electron chi connectivity index (χ2n) is 11.0. The molecule has 2 aromatic carbocycles. The molecule has 0 heterocycles. The van der Waals surface area contributed by atoms with Gasteiger partial charge in [0.1, 0.15) is 11.4 Å². The molecule has 3 N–H and O–H groups in total. The molecule has 0 unspecified atom stereocenters. The zero-order valence-electron chi connectivity index (χ0n) is 22.4. The van der Waals surface area contributed by atoms with Gasteiger partial charge in [0.2, 0.25) is 0 Å². The minimum absolute atomic E-state index is 0.333. The summed E-state index contributed by atoms with van der Waals surface area (Å²) in [6.45, 7) is 6.43. The molecule has 0 aromatic heterocycles. The van der Waals surface area contributed by atoms with Crippen molar-refractivity contribution in [1.82, 2.24) is 10.6 Å². The molecule has 0 bridgehead atoms. The zero-order chi connectivity index (χ0) is 26.0. The van der Waals surface area contributed by atoms with Gasteiger partial charge in [-0.25, -0.2) is 4.79 Å². The Bertz CT molecular complexity index is 950. The van der Waals surface area contributed by atoms with Crippen molar-refractivity contribution < 1.29 is 19.4 Å². The average Bonchev–Trinajstić information content (AvgIpc) is 2.83. The van der Waals surface area contributed by atoms with Gasteiger partial charge in [0.05, 0.1) is 19.3 Å². The van der Waals surface area contributed by atoms with E-state index in [0.29, 0.717) is 19.5 Å². The van der Waals surface area contributed by atoms with Crippen LogP contribution >= 0.6 is 0 Å². The molecule has 1 amide bonds. The Hall–Kier alpha value is -2.57. The predicted octanol–water partition coefficient (Wildman–Crippen LogP) is 5.40. The van der Waals surface area contributed by atoms with E-state index in [4.69, 9.17) is 9.47 Å². The van der Waals surface area contributed by atoms with Crippen molar-refractivity contribution in [3.8, 4) is 5.75 Å². The molecule has 2 atom stereocenters. The van der Waals surface area contributed by atoms with Crippen LogP contribution in [-0.2, 0) is 24.1 Å². The Labute approximate surface area is 216 Å². The monoisotopic (exact) mass is 496 g/mol. The molecule has 1 saturated carbocycles. The molecule has 1 fully saturated rings. The van der Waals surface area contributed by atoms with Crippen molar-refractivity contribution in [2.75, 3.05) is 13.7 Å². The van der Waals surface area contributed by atoms with Gasteiger partial charge in [-0.2, -0.15) is 0 Å². The number of aliphatic hydroxyl groups is 1. The van der Waals surface area contributed by atoms with Crippen molar-refractivity contribution in [2.45, 2.75) is 90.0 Å². The number of methoxy groups -OCH3 is 1. The van der Waals surface area contributed by atoms with E-state index in [1.165, 1.54) is 37.7 Å². The third-order valence-corrected chi connectivity index (χ3v) is 6.68. The van der Waals surface area contributed by atoms with E-state index in [1.807, 2.05) is 45.0 Å². The normalized spacial score (nSPS) is 16.2. The summed E-state index contributed by atoms with van der Waals surface area (Å²) in [5, 5.41) is 17.3. The van der Waals surface area contributed by atoms with Gasteiger partial charge in [-0.15, -0.1) is 0 Å². The van der Waals surface area contributed by atoms with E-state index in [1.54, 1.807) is 7.11 Å². The summed E-state index contributed by atoms with van der Waals surface area (Å²) in [4.78, 5) is 12.6. The van der Waals surface area contributed by atoms with Crippen LogP contribution in [0.5, 0.6) is 5.75 Å². The number of carbonyl (C=O) groups is 1. The summed E-state index contributed by atoms with van der Waals surface area (Å²) in [7, 11) is 1.65. The number of aliphatic hydroxyl groups excluding tert-OH is 1. The molecule has 3 rings (SSSR count). The first kappa shape index (κ1) is 28.0. The summed E-state index contributed by atoms with van der Waals surface area (Å²) in [5.74, 6) is 1.56. The maximum absolute atomic E-state index is 12.6. The lowest BCUT2D eigenvalue weighted by Crippen LogP contribution is -2.49. The lowest BCUT2D eigenvalue weighted by atomic mass is 9.84. The molecule has 6 heteroatoms. The minimum atomic E-state index is -0.787. The van der Waals surface area contributed by atoms with Crippen molar-refractivity contribution in [3.63, 3.8) is 0 Å². The van der Waals surface area contributed by atoms with Gasteiger partial charge in [-0.1, -0.05) is 68.5 Å². The first-order valence-corrected chi connectivity index (χ1v) is 13.3. The van der Waals surface area contributed by atoms with E-state index < -0.39 is 23.8 Å². The lowest BCUT2D eigenvalue weighted by molar-refractivity contribution is 0.0422. The molecule has 1 aliphatic carbocycles. The molecule has 0 radical (unpaired) electrons. The topological polar surface area (TPSA) is 79.8 Å². The van der Waals surface area contributed by atoms with Gasteiger partial charge in [0.25, 0.3) is 0 Å². The second kappa shape index (κ2) is 13.7. The fourth-order valence-electron chi connectivity index (χ4n) is 4.89. The van der Waals surface area contributed by atoms with Crippen LogP contribution in [0.15, 0.2) is 48.5 Å². The Morgan fingerprint density at radius 3 is 2.44 bits per heavy atom. The first-order chi connectivity index (χ1) is 17.2. The third-order valence-electron chi connectivity index (χ3n) is 6.68. The average molecular weight is 497 g/mol. The van der Waals surface area contributed by atoms with E-state index in [2.05, 4.69) is 34.9 Å². The second-order valence-corrected chi connectivity index (χ2v) is 11.0. The van der Waals surface area contributed by atoms with Crippen molar-refractivity contribution >= 4 is 6.09 Å². The number of nitrogens with one attached hydrogen (secondary N) is 2. The van der Waals surface area contributed by atoms with E-state index in [-0.39, 0.29) is 0 Å². The summed E-state index contributed by atoms with van der Waals surface area (Å²) in [5.41, 5.74) is 2.90. The van der Waals surface area contributed by atoms with Gasteiger partial charge in [-0.05, 0) is 68.4 Å². The number of ether oxygens (including phenoxy) is 2. The highest BCUT2D eigenvalue weighted by molar-refractivity contribution is 5.68. The zero-order valence-corrected chi connectivity index (χ0v) is 22.4. The summed E-state index contributed by atoms with van der Waals surface area (Å²) in [6, 6.07) is 15.9. The van der Waals surface area contributed by atoms with Crippen LogP contribution in [0.3, 0.4) is 0 Å². The van der Waals surface area contributed by atoms with Crippen molar-refractivity contribution in [2.24, 2.45) is 5.92 Å². The van der Waals surface area contributed by atoms with Crippen LogP contribution in [0.4, 0.5) is 4.79 Å². The number of carbonyl (C=O) groups excluding carboxylic acids is 1. The quantitative estimate of drug-likeness (QED) is 0.388. The van der Waals surface area contributed by atoms with Gasteiger partial charge < -0.3 is 25.2 Å². The van der Waals surface area contributed by atoms with Gasteiger partial charge in [0, 0.05) is 13.1 Å². The molecule has 0 spiro atoms.